The molecule has 1 aromatic heterocycles. The van der Waals surface area contributed by atoms with E-state index in [1.807, 2.05) is 42.2 Å². The average molecular weight is 341 g/mol. The van der Waals surface area contributed by atoms with E-state index < -0.39 is 0 Å². The van der Waals surface area contributed by atoms with Gasteiger partial charge in [-0.25, -0.2) is 0 Å². The Morgan fingerprint density at radius 1 is 1.24 bits per heavy atom. The molecule has 0 bridgehead atoms. The first-order chi connectivity index (χ1) is 12.1. The summed E-state index contributed by atoms with van der Waals surface area (Å²) in [7, 11) is 0. The molecule has 3 rings (SSSR count). The third kappa shape index (κ3) is 3.83. The van der Waals surface area contributed by atoms with E-state index in [2.05, 4.69) is 33.9 Å². The van der Waals surface area contributed by atoms with Crippen LogP contribution in [0, 0.1) is 5.92 Å². The summed E-state index contributed by atoms with van der Waals surface area (Å²) in [5, 5.41) is 12.1. The molecule has 25 heavy (non-hydrogen) atoms. The van der Waals surface area contributed by atoms with Crippen LogP contribution in [0.1, 0.15) is 44.9 Å². The summed E-state index contributed by atoms with van der Waals surface area (Å²) >= 11 is 0. The number of rotatable bonds is 7. The van der Waals surface area contributed by atoms with Gasteiger partial charge in [0.1, 0.15) is 11.9 Å². The lowest BCUT2D eigenvalue weighted by atomic mass is 10.0. The van der Waals surface area contributed by atoms with E-state index in [4.69, 9.17) is 0 Å². The topological polar surface area (TPSA) is 63.1 Å². The van der Waals surface area contributed by atoms with Gasteiger partial charge in [-0.05, 0) is 31.4 Å². The smallest absolute Gasteiger partial charge is 0.246 e. The van der Waals surface area contributed by atoms with Gasteiger partial charge in [0.05, 0.1) is 6.54 Å². The molecule has 6 heteroatoms. The molecule has 2 aromatic rings. The fourth-order valence-electron chi connectivity index (χ4n) is 3.36. The van der Waals surface area contributed by atoms with Crippen molar-refractivity contribution in [2.75, 3.05) is 18.4 Å². The number of benzene rings is 1. The Hall–Kier alpha value is -2.37. The number of hydrogen-bond acceptors (Lipinski definition) is 4. The van der Waals surface area contributed by atoms with Gasteiger partial charge in [0.25, 0.3) is 0 Å². The van der Waals surface area contributed by atoms with Gasteiger partial charge in [-0.2, -0.15) is 0 Å². The fraction of sp³-hybridized carbons (Fsp3) is 0.526. The third-order valence-electron chi connectivity index (χ3n) is 4.61. The predicted octanol–water partition coefficient (Wildman–Crippen LogP) is 2.88. The van der Waals surface area contributed by atoms with Crippen molar-refractivity contribution in [1.29, 1.82) is 0 Å². The first-order valence-corrected chi connectivity index (χ1v) is 9.10. The maximum absolute atomic E-state index is 12.8. The zero-order chi connectivity index (χ0) is 17.8. The van der Waals surface area contributed by atoms with Crippen LogP contribution in [0.3, 0.4) is 0 Å². The molecule has 1 N–H and O–H groups in total. The Morgan fingerprint density at radius 3 is 2.68 bits per heavy atom. The summed E-state index contributed by atoms with van der Waals surface area (Å²) in [5.41, 5.74) is 1.09. The zero-order valence-corrected chi connectivity index (χ0v) is 15.3. The second-order valence-corrected chi connectivity index (χ2v) is 6.94. The summed E-state index contributed by atoms with van der Waals surface area (Å²) in [6, 6.07) is 9.94. The van der Waals surface area contributed by atoms with Crippen LogP contribution in [-0.4, -0.2) is 38.7 Å². The van der Waals surface area contributed by atoms with Gasteiger partial charge in [0.15, 0.2) is 5.82 Å². The predicted molar refractivity (Wildman–Crippen MR) is 98.2 cm³/mol. The van der Waals surface area contributed by atoms with Gasteiger partial charge in [-0.1, -0.05) is 32.0 Å². The van der Waals surface area contributed by atoms with E-state index in [0.29, 0.717) is 19.0 Å². The Labute approximate surface area is 149 Å². The van der Waals surface area contributed by atoms with Crippen LogP contribution in [0.4, 0.5) is 5.69 Å². The number of fused-ring (bicyclic) bond motifs is 1. The summed E-state index contributed by atoms with van der Waals surface area (Å²) in [6.45, 7) is 8.36. The lowest BCUT2D eigenvalue weighted by Crippen LogP contribution is -2.43. The van der Waals surface area contributed by atoms with E-state index in [-0.39, 0.29) is 11.9 Å². The molecule has 0 saturated carbocycles. The first-order valence-electron chi connectivity index (χ1n) is 9.10. The molecular weight excluding hydrogens is 314 g/mol. The number of aromatic nitrogens is 3. The van der Waals surface area contributed by atoms with E-state index in [9.17, 15) is 4.79 Å². The number of likely N-dealkylation sites (N-methyl/N-ethyl adjacent to an activating group) is 1. The molecule has 0 fully saturated rings. The number of carbonyl (C=O) groups excluding carboxylic acids is 1. The third-order valence-corrected chi connectivity index (χ3v) is 4.61. The van der Waals surface area contributed by atoms with Crippen LogP contribution >= 0.6 is 0 Å². The SMILES string of the molecule is CCN1Cc2nnc(CCNc3ccccc3)n2[C@@H](CC(C)C)C1=O. The summed E-state index contributed by atoms with van der Waals surface area (Å²) in [4.78, 5) is 14.7. The summed E-state index contributed by atoms with van der Waals surface area (Å²) < 4.78 is 2.08. The number of amides is 1. The number of carbonyl (C=O) groups is 1. The average Bonchev–Trinajstić information content (AvgIpc) is 3.00. The molecule has 1 amide bonds. The summed E-state index contributed by atoms with van der Waals surface area (Å²) in [6.07, 6.45) is 1.56. The largest absolute Gasteiger partial charge is 0.385 e. The fourth-order valence-corrected chi connectivity index (χ4v) is 3.36. The first kappa shape index (κ1) is 17.5. The van der Waals surface area contributed by atoms with Gasteiger partial charge in [0, 0.05) is 25.2 Å². The highest BCUT2D eigenvalue weighted by Crippen LogP contribution is 2.28. The molecule has 134 valence electrons. The molecule has 1 aromatic carbocycles. The van der Waals surface area contributed by atoms with Crippen molar-refractivity contribution in [3.63, 3.8) is 0 Å². The van der Waals surface area contributed by atoms with E-state index in [0.717, 1.165) is 36.7 Å². The van der Waals surface area contributed by atoms with E-state index in [1.54, 1.807) is 0 Å². The van der Waals surface area contributed by atoms with Gasteiger partial charge in [-0.3, -0.25) is 4.79 Å². The Kier molecular flexibility index (Phi) is 5.36. The monoisotopic (exact) mass is 341 g/mol. The van der Waals surface area contributed by atoms with Crippen molar-refractivity contribution in [3.05, 3.63) is 42.0 Å². The Balaban J connectivity index is 1.76. The second-order valence-electron chi connectivity index (χ2n) is 6.94. The lowest BCUT2D eigenvalue weighted by molar-refractivity contribution is -0.137. The van der Waals surface area contributed by atoms with Crippen LogP contribution in [0.5, 0.6) is 0 Å². The molecule has 2 heterocycles. The minimum atomic E-state index is -0.176. The second kappa shape index (κ2) is 7.68. The standard InChI is InChI=1S/C19H27N5O/c1-4-23-13-18-22-21-17(10-11-20-15-8-6-5-7-9-15)24(18)16(19(23)25)12-14(2)3/h5-9,14,16,20H,4,10-13H2,1-3H3/t16-/m0/s1. The highest BCUT2D eigenvalue weighted by atomic mass is 16.2. The van der Waals surface area contributed by atoms with E-state index in [1.165, 1.54) is 0 Å². The molecule has 0 radical (unpaired) electrons. The van der Waals surface area contributed by atoms with Crippen LogP contribution in [0.15, 0.2) is 30.3 Å². The molecule has 0 spiro atoms. The zero-order valence-electron chi connectivity index (χ0n) is 15.3. The number of hydrogen-bond donors (Lipinski definition) is 1. The van der Waals surface area contributed by atoms with Gasteiger partial charge < -0.3 is 14.8 Å². The number of anilines is 1. The van der Waals surface area contributed by atoms with Crippen molar-refractivity contribution in [2.45, 2.75) is 46.2 Å². The van der Waals surface area contributed by atoms with Crippen LogP contribution in [0.2, 0.25) is 0 Å². The maximum atomic E-state index is 12.8. The van der Waals surface area contributed by atoms with Crippen molar-refractivity contribution >= 4 is 11.6 Å². The Morgan fingerprint density at radius 2 is 2.00 bits per heavy atom. The molecule has 6 nitrogen and oxygen atoms in total. The highest BCUT2D eigenvalue weighted by molar-refractivity contribution is 5.81. The Bertz CT molecular complexity index is 710. The molecule has 1 atom stereocenters. The summed E-state index contributed by atoms with van der Waals surface area (Å²) in [5.74, 6) is 2.44. The number of para-hydroxylation sites is 1. The number of nitrogens with one attached hydrogen (secondary N) is 1. The van der Waals surface area contributed by atoms with Gasteiger partial charge in [-0.15, -0.1) is 10.2 Å². The normalized spacial score (nSPS) is 17.0. The van der Waals surface area contributed by atoms with Crippen molar-refractivity contribution < 1.29 is 4.79 Å². The van der Waals surface area contributed by atoms with Crippen LogP contribution in [-0.2, 0) is 17.8 Å². The van der Waals surface area contributed by atoms with Crippen molar-refractivity contribution in [3.8, 4) is 0 Å². The minimum Gasteiger partial charge on any atom is -0.385 e. The van der Waals surface area contributed by atoms with Gasteiger partial charge in [0.2, 0.25) is 5.91 Å². The van der Waals surface area contributed by atoms with Crippen LogP contribution < -0.4 is 5.32 Å². The molecule has 1 aliphatic rings. The highest BCUT2D eigenvalue weighted by Gasteiger charge is 2.35. The minimum absolute atomic E-state index is 0.176. The van der Waals surface area contributed by atoms with E-state index >= 15 is 0 Å². The molecule has 0 aliphatic carbocycles. The van der Waals surface area contributed by atoms with Crippen molar-refractivity contribution in [2.24, 2.45) is 5.92 Å². The lowest BCUT2D eigenvalue weighted by Gasteiger charge is -2.34. The quantitative estimate of drug-likeness (QED) is 0.841. The van der Waals surface area contributed by atoms with Crippen LogP contribution in [0.25, 0.3) is 0 Å². The number of nitrogens with zero attached hydrogens (tertiary/aromatic N) is 4. The molecular formula is C19H27N5O. The van der Waals surface area contributed by atoms with Gasteiger partial charge >= 0.3 is 0 Å². The maximum Gasteiger partial charge on any atom is 0.246 e. The molecule has 0 unspecified atom stereocenters. The molecule has 1 aliphatic heterocycles. The molecule has 0 saturated heterocycles. The van der Waals surface area contributed by atoms with Crippen molar-refractivity contribution in [1.82, 2.24) is 19.7 Å².